The predicted molar refractivity (Wildman–Crippen MR) is 54.8 cm³/mol. The molecule has 1 amide bonds. The van der Waals surface area contributed by atoms with Crippen LogP contribution < -0.4 is 10.1 Å². The van der Waals surface area contributed by atoms with Gasteiger partial charge in [0.1, 0.15) is 18.3 Å². The van der Waals surface area contributed by atoms with E-state index in [0.29, 0.717) is 6.61 Å². The summed E-state index contributed by atoms with van der Waals surface area (Å²) in [6.45, 7) is 0.634. The zero-order valence-corrected chi connectivity index (χ0v) is 8.27. The highest BCUT2D eigenvalue weighted by Crippen LogP contribution is 2.33. The summed E-state index contributed by atoms with van der Waals surface area (Å²) in [5.41, 5.74) is 0.924. The summed E-state index contributed by atoms with van der Waals surface area (Å²) in [7, 11) is 0. The average molecular weight is 207 g/mol. The molecular formula is C11H13NO3. The molecule has 0 aliphatic carbocycles. The van der Waals surface area contributed by atoms with Crippen LogP contribution in [-0.2, 0) is 4.79 Å². The molecule has 15 heavy (non-hydrogen) atoms. The van der Waals surface area contributed by atoms with Crippen LogP contribution in [0.4, 0.5) is 0 Å². The van der Waals surface area contributed by atoms with E-state index in [4.69, 9.17) is 9.84 Å². The van der Waals surface area contributed by atoms with Gasteiger partial charge in [-0.25, -0.2) is 0 Å². The maximum absolute atomic E-state index is 11.7. The maximum atomic E-state index is 11.7. The van der Waals surface area contributed by atoms with Crippen molar-refractivity contribution in [3.05, 3.63) is 29.8 Å². The Labute approximate surface area is 87.9 Å². The van der Waals surface area contributed by atoms with Gasteiger partial charge in [-0.2, -0.15) is 0 Å². The molecular weight excluding hydrogens is 194 g/mol. The number of benzene rings is 1. The van der Waals surface area contributed by atoms with Crippen molar-refractivity contribution >= 4 is 5.91 Å². The fourth-order valence-electron chi connectivity index (χ4n) is 1.68. The number of aliphatic hydroxyl groups excluding tert-OH is 1. The lowest BCUT2D eigenvalue weighted by atomic mass is 10.0. The number of nitrogens with one attached hydrogen (secondary N) is 1. The van der Waals surface area contributed by atoms with Crippen molar-refractivity contribution in [2.24, 2.45) is 0 Å². The van der Waals surface area contributed by atoms with E-state index in [1.165, 1.54) is 0 Å². The first kappa shape index (κ1) is 9.98. The summed E-state index contributed by atoms with van der Waals surface area (Å²) in [4.78, 5) is 11.7. The van der Waals surface area contributed by atoms with Crippen LogP contribution in [0.25, 0.3) is 0 Å². The molecule has 0 radical (unpaired) electrons. The number of ether oxygens (including phenoxy) is 1. The number of amides is 1. The van der Waals surface area contributed by atoms with Gasteiger partial charge in [-0.05, 0) is 6.07 Å². The second kappa shape index (κ2) is 4.31. The van der Waals surface area contributed by atoms with E-state index in [-0.39, 0.29) is 25.0 Å². The Morgan fingerprint density at radius 1 is 1.53 bits per heavy atom. The van der Waals surface area contributed by atoms with Crippen molar-refractivity contribution in [3.8, 4) is 5.75 Å². The minimum Gasteiger partial charge on any atom is -0.492 e. The lowest BCUT2D eigenvalue weighted by Crippen LogP contribution is -2.32. The van der Waals surface area contributed by atoms with E-state index in [2.05, 4.69) is 5.32 Å². The van der Waals surface area contributed by atoms with E-state index < -0.39 is 0 Å². The van der Waals surface area contributed by atoms with Crippen LogP contribution in [0.15, 0.2) is 24.3 Å². The number of carbonyl (C=O) groups is 1. The molecule has 1 unspecified atom stereocenters. The van der Waals surface area contributed by atoms with Crippen molar-refractivity contribution in [2.75, 3.05) is 19.8 Å². The van der Waals surface area contributed by atoms with Crippen molar-refractivity contribution in [3.63, 3.8) is 0 Å². The topological polar surface area (TPSA) is 58.6 Å². The van der Waals surface area contributed by atoms with Crippen molar-refractivity contribution in [1.29, 1.82) is 0 Å². The second-order valence-electron chi connectivity index (χ2n) is 3.42. The molecule has 1 atom stereocenters. The minimum absolute atomic E-state index is 0.0407. The number of para-hydroxylation sites is 1. The van der Waals surface area contributed by atoms with Crippen LogP contribution in [-0.4, -0.2) is 30.8 Å². The van der Waals surface area contributed by atoms with Gasteiger partial charge in [0.05, 0.1) is 6.61 Å². The van der Waals surface area contributed by atoms with Crippen LogP contribution in [0.2, 0.25) is 0 Å². The number of rotatable bonds is 3. The number of aliphatic hydroxyl groups is 1. The SMILES string of the molecule is O=C(NCCO)C1COc2ccccc21. The van der Waals surface area contributed by atoms with E-state index >= 15 is 0 Å². The Kier molecular flexibility index (Phi) is 2.87. The second-order valence-corrected chi connectivity index (χ2v) is 3.42. The maximum Gasteiger partial charge on any atom is 0.231 e. The molecule has 80 valence electrons. The highest BCUT2D eigenvalue weighted by atomic mass is 16.5. The van der Waals surface area contributed by atoms with Crippen molar-refractivity contribution in [1.82, 2.24) is 5.32 Å². The molecule has 0 saturated carbocycles. The molecule has 0 spiro atoms. The third kappa shape index (κ3) is 1.94. The molecule has 0 saturated heterocycles. The molecule has 0 bridgehead atoms. The smallest absolute Gasteiger partial charge is 0.231 e. The van der Waals surface area contributed by atoms with Crippen LogP contribution in [0, 0.1) is 0 Å². The lowest BCUT2D eigenvalue weighted by molar-refractivity contribution is -0.122. The monoisotopic (exact) mass is 207 g/mol. The summed E-state index contributed by atoms with van der Waals surface area (Å²) in [6.07, 6.45) is 0. The third-order valence-corrected chi connectivity index (χ3v) is 2.43. The Morgan fingerprint density at radius 3 is 3.13 bits per heavy atom. The number of carbonyl (C=O) groups excluding carboxylic acids is 1. The van der Waals surface area contributed by atoms with Crippen molar-refractivity contribution in [2.45, 2.75) is 5.92 Å². The van der Waals surface area contributed by atoms with Gasteiger partial charge in [-0.15, -0.1) is 0 Å². The largest absolute Gasteiger partial charge is 0.492 e. The molecule has 1 aliphatic heterocycles. The number of hydrogen-bond donors (Lipinski definition) is 2. The van der Waals surface area contributed by atoms with Crippen LogP contribution in [0.1, 0.15) is 11.5 Å². The molecule has 1 aromatic carbocycles. The summed E-state index contributed by atoms with van der Waals surface area (Å²) in [5.74, 6) is 0.448. The molecule has 1 aromatic rings. The summed E-state index contributed by atoms with van der Waals surface area (Å²) in [5, 5.41) is 11.3. The molecule has 4 heteroatoms. The Morgan fingerprint density at radius 2 is 2.33 bits per heavy atom. The van der Waals surface area contributed by atoms with Gasteiger partial charge in [0, 0.05) is 12.1 Å². The van der Waals surface area contributed by atoms with E-state index in [9.17, 15) is 4.79 Å². The predicted octanol–water partition coefficient (Wildman–Crippen LogP) is 0.271. The first-order valence-electron chi connectivity index (χ1n) is 4.93. The minimum atomic E-state index is -0.243. The normalized spacial score (nSPS) is 18.1. The lowest BCUT2D eigenvalue weighted by Gasteiger charge is -2.08. The number of hydrogen-bond acceptors (Lipinski definition) is 3. The molecule has 0 aromatic heterocycles. The van der Waals surface area contributed by atoms with Crippen LogP contribution in [0.3, 0.4) is 0 Å². The molecule has 4 nitrogen and oxygen atoms in total. The Balaban J connectivity index is 2.10. The van der Waals surface area contributed by atoms with Gasteiger partial charge in [0.25, 0.3) is 0 Å². The van der Waals surface area contributed by atoms with Crippen LogP contribution in [0.5, 0.6) is 5.75 Å². The average Bonchev–Trinajstić information content (AvgIpc) is 2.69. The highest BCUT2D eigenvalue weighted by Gasteiger charge is 2.29. The van der Waals surface area contributed by atoms with E-state index in [1.807, 2.05) is 24.3 Å². The zero-order valence-electron chi connectivity index (χ0n) is 8.27. The van der Waals surface area contributed by atoms with Gasteiger partial charge in [-0.3, -0.25) is 4.79 Å². The van der Waals surface area contributed by atoms with Crippen LogP contribution >= 0.6 is 0 Å². The van der Waals surface area contributed by atoms with Gasteiger partial charge < -0.3 is 15.2 Å². The van der Waals surface area contributed by atoms with E-state index in [0.717, 1.165) is 11.3 Å². The van der Waals surface area contributed by atoms with Gasteiger partial charge in [0.2, 0.25) is 5.91 Å². The molecule has 1 aliphatic rings. The van der Waals surface area contributed by atoms with Gasteiger partial charge >= 0.3 is 0 Å². The summed E-state index contributed by atoms with van der Waals surface area (Å²) in [6, 6.07) is 7.52. The van der Waals surface area contributed by atoms with Gasteiger partial charge in [0.15, 0.2) is 0 Å². The van der Waals surface area contributed by atoms with E-state index in [1.54, 1.807) is 0 Å². The molecule has 2 rings (SSSR count). The molecule has 1 heterocycles. The fourth-order valence-corrected chi connectivity index (χ4v) is 1.68. The summed E-state index contributed by atoms with van der Waals surface area (Å²) >= 11 is 0. The number of fused-ring (bicyclic) bond motifs is 1. The first-order valence-corrected chi connectivity index (χ1v) is 4.93. The fraction of sp³-hybridized carbons (Fsp3) is 0.364. The standard InChI is InChI=1S/C11H13NO3/c13-6-5-12-11(14)9-7-15-10-4-2-1-3-8(9)10/h1-4,9,13H,5-7H2,(H,12,14). The van der Waals surface area contributed by atoms with Gasteiger partial charge in [-0.1, -0.05) is 18.2 Å². The molecule has 0 fully saturated rings. The third-order valence-electron chi connectivity index (χ3n) is 2.43. The summed E-state index contributed by atoms with van der Waals surface area (Å²) < 4.78 is 5.39. The highest BCUT2D eigenvalue weighted by molar-refractivity contribution is 5.85. The Bertz CT molecular complexity index is 365. The molecule has 2 N–H and O–H groups in total. The van der Waals surface area contributed by atoms with Crippen molar-refractivity contribution < 1.29 is 14.6 Å². The Hall–Kier alpha value is -1.55. The quantitative estimate of drug-likeness (QED) is 0.748. The zero-order chi connectivity index (χ0) is 10.7. The first-order chi connectivity index (χ1) is 7.33.